The molecule has 0 bridgehead atoms. The number of ketones is 1. The minimum atomic E-state index is -1.03. The number of nitriles is 1. The lowest BCUT2D eigenvalue weighted by molar-refractivity contribution is 0.0696. The maximum Gasteiger partial charge on any atom is 0.335 e. The minimum Gasteiger partial charge on any atom is -0.478 e. The molecule has 2 aromatic carbocycles. The van der Waals surface area contributed by atoms with E-state index in [4.69, 9.17) is 5.11 Å². The van der Waals surface area contributed by atoms with E-state index in [0.717, 1.165) is 10.9 Å². The number of rotatable bonds is 4. The Bertz CT molecular complexity index is 1010. The number of para-hydroxylation sites is 1. The molecule has 0 amide bonds. The fourth-order valence-corrected chi connectivity index (χ4v) is 2.44. The smallest absolute Gasteiger partial charge is 0.335 e. The van der Waals surface area contributed by atoms with Crippen LogP contribution in [0.5, 0.6) is 0 Å². The number of aromatic carboxylic acids is 1. The Morgan fingerprint density at radius 3 is 2.46 bits per heavy atom. The van der Waals surface area contributed by atoms with Crippen LogP contribution in [-0.2, 0) is 0 Å². The number of aromatic amines is 1. The van der Waals surface area contributed by atoms with Crippen molar-refractivity contribution < 1.29 is 14.7 Å². The van der Waals surface area contributed by atoms with Crippen molar-refractivity contribution in [2.45, 2.75) is 0 Å². The molecule has 5 heteroatoms. The molecule has 0 aliphatic rings. The van der Waals surface area contributed by atoms with Crippen molar-refractivity contribution in [3.8, 4) is 6.07 Å². The molecular weight excluding hydrogens is 304 g/mol. The van der Waals surface area contributed by atoms with Crippen molar-refractivity contribution in [2.75, 3.05) is 0 Å². The van der Waals surface area contributed by atoms with Gasteiger partial charge in [0.25, 0.3) is 0 Å². The third-order valence-electron chi connectivity index (χ3n) is 3.67. The Kier molecular flexibility index (Phi) is 3.96. The molecule has 3 rings (SSSR count). The highest BCUT2D eigenvalue weighted by Crippen LogP contribution is 2.21. The number of carboxylic acids is 1. The summed E-state index contributed by atoms with van der Waals surface area (Å²) >= 11 is 0. The van der Waals surface area contributed by atoms with E-state index in [0.29, 0.717) is 11.1 Å². The zero-order valence-electron chi connectivity index (χ0n) is 12.5. The first kappa shape index (κ1) is 15.3. The summed E-state index contributed by atoms with van der Waals surface area (Å²) in [7, 11) is 0. The number of Topliss-reactive ketones (excluding diaryl/α,β-unsaturated/α-hetero) is 1. The Morgan fingerprint density at radius 1 is 1.08 bits per heavy atom. The molecule has 0 saturated heterocycles. The molecule has 24 heavy (non-hydrogen) atoms. The van der Waals surface area contributed by atoms with Crippen LogP contribution in [0.25, 0.3) is 17.0 Å². The summed E-state index contributed by atoms with van der Waals surface area (Å²) in [5, 5.41) is 19.0. The van der Waals surface area contributed by atoms with Crippen LogP contribution in [0.3, 0.4) is 0 Å². The summed E-state index contributed by atoms with van der Waals surface area (Å²) in [6, 6.07) is 15.3. The number of H-pyrrole nitrogens is 1. The van der Waals surface area contributed by atoms with Crippen molar-refractivity contribution >= 4 is 28.7 Å². The zero-order valence-corrected chi connectivity index (χ0v) is 12.5. The van der Waals surface area contributed by atoms with Crippen molar-refractivity contribution in [2.24, 2.45) is 0 Å². The molecule has 0 aliphatic carbocycles. The molecule has 0 spiro atoms. The number of allylic oxidation sites excluding steroid dienone is 1. The molecule has 2 N–H and O–H groups in total. The van der Waals surface area contributed by atoms with E-state index in [-0.39, 0.29) is 16.9 Å². The van der Waals surface area contributed by atoms with Gasteiger partial charge in [-0.15, -0.1) is 0 Å². The number of hydrogen-bond acceptors (Lipinski definition) is 3. The summed E-state index contributed by atoms with van der Waals surface area (Å²) in [5.74, 6) is -1.40. The normalized spacial score (nSPS) is 11.2. The monoisotopic (exact) mass is 316 g/mol. The average Bonchev–Trinajstić information content (AvgIpc) is 3.03. The summed E-state index contributed by atoms with van der Waals surface area (Å²) in [6.45, 7) is 0. The van der Waals surface area contributed by atoms with E-state index in [1.165, 1.54) is 18.2 Å². The van der Waals surface area contributed by atoms with E-state index < -0.39 is 5.97 Å². The predicted octanol–water partition coefficient (Wildman–Crippen LogP) is 3.66. The Labute approximate surface area is 137 Å². The molecule has 0 aliphatic heterocycles. The Hall–Kier alpha value is -3.65. The van der Waals surface area contributed by atoms with Crippen LogP contribution >= 0.6 is 0 Å². The van der Waals surface area contributed by atoms with Gasteiger partial charge in [0.2, 0.25) is 5.78 Å². The van der Waals surface area contributed by atoms with Crippen LogP contribution in [0.15, 0.2) is 60.3 Å². The van der Waals surface area contributed by atoms with E-state index in [2.05, 4.69) is 4.98 Å². The van der Waals surface area contributed by atoms with Crippen LogP contribution in [-0.4, -0.2) is 21.8 Å². The zero-order chi connectivity index (χ0) is 17.1. The maximum absolute atomic E-state index is 12.6. The standard InChI is InChI=1S/C19H12N2O3/c20-10-14(9-12-5-7-13(8-6-12)19(23)24)18(22)16-11-21-17-4-2-1-3-15(16)17/h1-9,11,21H,(H,23,24)/b14-9-. The van der Waals surface area contributed by atoms with Crippen molar-refractivity contribution in [1.29, 1.82) is 5.26 Å². The fourth-order valence-electron chi connectivity index (χ4n) is 2.44. The van der Waals surface area contributed by atoms with Crippen LogP contribution in [0, 0.1) is 11.3 Å². The number of carbonyl (C=O) groups is 2. The molecule has 0 radical (unpaired) electrons. The molecule has 116 valence electrons. The molecule has 3 aromatic rings. The third kappa shape index (κ3) is 2.81. The van der Waals surface area contributed by atoms with E-state index in [1.807, 2.05) is 30.3 Å². The molecule has 5 nitrogen and oxygen atoms in total. The van der Waals surface area contributed by atoms with Gasteiger partial charge >= 0.3 is 5.97 Å². The van der Waals surface area contributed by atoms with Gasteiger partial charge in [-0.25, -0.2) is 4.79 Å². The third-order valence-corrected chi connectivity index (χ3v) is 3.67. The molecule has 1 heterocycles. The van der Waals surface area contributed by atoms with Crippen LogP contribution in [0.2, 0.25) is 0 Å². The maximum atomic E-state index is 12.6. The number of nitrogens with one attached hydrogen (secondary N) is 1. The summed E-state index contributed by atoms with van der Waals surface area (Å²) in [6.07, 6.45) is 3.04. The van der Waals surface area contributed by atoms with Crippen molar-refractivity contribution in [3.05, 3.63) is 77.0 Å². The number of nitrogens with zero attached hydrogens (tertiary/aromatic N) is 1. The van der Waals surface area contributed by atoms with Gasteiger partial charge in [-0.05, 0) is 29.8 Å². The van der Waals surface area contributed by atoms with Crippen molar-refractivity contribution in [1.82, 2.24) is 4.98 Å². The molecular formula is C19H12N2O3. The van der Waals surface area contributed by atoms with Gasteiger partial charge in [0.15, 0.2) is 0 Å². The first-order valence-corrected chi connectivity index (χ1v) is 7.16. The molecule has 0 saturated carbocycles. The van der Waals surface area contributed by atoms with Crippen molar-refractivity contribution in [3.63, 3.8) is 0 Å². The van der Waals surface area contributed by atoms with E-state index >= 15 is 0 Å². The number of benzene rings is 2. The van der Waals surface area contributed by atoms with Gasteiger partial charge in [0, 0.05) is 22.7 Å². The highest BCUT2D eigenvalue weighted by Gasteiger charge is 2.16. The second kappa shape index (κ2) is 6.23. The predicted molar refractivity (Wildman–Crippen MR) is 89.6 cm³/mol. The Balaban J connectivity index is 1.97. The fraction of sp³-hybridized carbons (Fsp3) is 0. The number of aromatic nitrogens is 1. The number of carboxylic acid groups (broad SMARTS) is 1. The molecule has 0 unspecified atom stereocenters. The first-order valence-electron chi connectivity index (χ1n) is 7.16. The number of carbonyl (C=O) groups excluding carboxylic acids is 1. The van der Waals surface area contributed by atoms with E-state index in [1.54, 1.807) is 18.3 Å². The van der Waals surface area contributed by atoms with Crippen LogP contribution in [0.4, 0.5) is 0 Å². The largest absolute Gasteiger partial charge is 0.478 e. The number of fused-ring (bicyclic) bond motifs is 1. The van der Waals surface area contributed by atoms with Gasteiger partial charge in [0.05, 0.1) is 5.56 Å². The summed E-state index contributed by atoms with van der Waals surface area (Å²) in [4.78, 5) is 26.5. The number of hydrogen-bond donors (Lipinski definition) is 2. The lowest BCUT2D eigenvalue weighted by atomic mass is 10.0. The van der Waals surface area contributed by atoms with Crippen LogP contribution < -0.4 is 0 Å². The first-order chi connectivity index (χ1) is 11.6. The highest BCUT2D eigenvalue weighted by atomic mass is 16.4. The summed E-state index contributed by atoms with van der Waals surface area (Å²) < 4.78 is 0. The van der Waals surface area contributed by atoms with Gasteiger partial charge in [-0.1, -0.05) is 30.3 Å². The van der Waals surface area contributed by atoms with Gasteiger partial charge in [-0.2, -0.15) is 5.26 Å². The summed E-state index contributed by atoms with van der Waals surface area (Å²) in [5.41, 5.74) is 1.98. The second-order valence-electron chi connectivity index (χ2n) is 5.17. The molecule has 0 fully saturated rings. The molecule has 1 aromatic heterocycles. The Morgan fingerprint density at radius 2 is 1.79 bits per heavy atom. The topological polar surface area (TPSA) is 93.9 Å². The van der Waals surface area contributed by atoms with Crippen LogP contribution in [0.1, 0.15) is 26.3 Å². The van der Waals surface area contributed by atoms with Gasteiger partial charge in [0.1, 0.15) is 11.6 Å². The van der Waals surface area contributed by atoms with Gasteiger partial charge in [-0.3, -0.25) is 4.79 Å². The van der Waals surface area contributed by atoms with Gasteiger partial charge < -0.3 is 10.1 Å². The lowest BCUT2D eigenvalue weighted by Gasteiger charge is -2.00. The lowest BCUT2D eigenvalue weighted by Crippen LogP contribution is -2.01. The SMILES string of the molecule is N#C/C(=C/c1ccc(C(=O)O)cc1)C(=O)c1c[nH]c2ccccc12. The second-order valence-corrected chi connectivity index (χ2v) is 5.17. The molecule has 0 atom stereocenters. The minimum absolute atomic E-state index is 0.0113. The highest BCUT2D eigenvalue weighted by molar-refractivity contribution is 6.19. The van der Waals surface area contributed by atoms with E-state index in [9.17, 15) is 14.9 Å². The average molecular weight is 316 g/mol. The quantitative estimate of drug-likeness (QED) is 0.436.